The number of halogens is 1. The summed E-state index contributed by atoms with van der Waals surface area (Å²) in [5.41, 5.74) is 1.35. The van der Waals surface area contributed by atoms with Gasteiger partial charge in [-0.2, -0.15) is 10.5 Å². The number of nitrogens with zero attached hydrogens (tertiary/aromatic N) is 3. The van der Waals surface area contributed by atoms with Crippen LogP contribution < -0.4 is 5.32 Å². The zero-order valence-corrected chi connectivity index (χ0v) is 11.9. The van der Waals surface area contributed by atoms with Crippen LogP contribution in [0.4, 0.5) is 5.95 Å². The van der Waals surface area contributed by atoms with E-state index in [1.54, 1.807) is 24.3 Å². The summed E-state index contributed by atoms with van der Waals surface area (Å²) >= 11 is 3.32. The summed E-state index contributed by atoms with van der Waals surface area (Å²) in [7, 11) is 0. The van der Waals surface area contributed by atoms with Crippen molar-refractivity contribution in [2.75, 3.05) is 5.32 Å². The van der Waals surface area contributed by atoms with Crippen molar-refractivity contribution < 1.29 is 4.79 Å². The van der Waals surface area contributed by atoms with Gasteiger partial charge in [0.05, 0.1) is 0 Å². The van der Waals surface area contributed by atoms with Crippen molar-refractivity contribution in [3.8, 4) is 12.1 Å². The van der Waals surface area contributed by atoms with Gasteiger partial charge in [0.2, 0.25) is 5.95 Å². The molecule has 20 heavy (non-hydrogen) atoms. The Morgan fingerprint density at radius 1 is 1.35 bits per heavy atom. The highest BCUT2D eigenvalue weighted by Crippen LogP contribution is 2.16. The molecule has 0 saturated heterocycles. The number of amides is 1. The number of rotatable bonds is 2. The second-order valence-corrected chi connectivity index (χ2v) is 4.92. The molecule has 0 radical (unpaired) electrons. The van der Waals surface area contributed by atoms with Gasteiger partial charge in [0, 0.05) is 10.0 Å². The maximum absolute atomic E-state index is 12.1. The predicted octanol–water partition coefficient (Wildman–Crippen LogP) is 2.48. The number of aromatic nitrogens is 2. The Morgan fingerprint density at radius 2 is 2.10 bits per heavy atom. The van der Waals surface area contributed by atoms with Crippen LogP contribution in [0.15, 0.2) is 22.7 Å². The second-order valence-electron chi connectivity index (χ2n) is 4.00. The molecular formula is C13H8BrN5O. The number of benzene rings is 1. The third kappa shape index (κ3) is 2.85. The number of hydrogen-bond donors (Lipinski definition) is 2. The molecule has 1 aromatic carbocycles. The van der Waals surface area contributed by atoms with Gasteiger partial charge in [0.1, 0.15) is 12.1 Å². The molecule has 0 aliphatic carbocycles. The molecule has 0 saturated carbocycles. The van der Waals surface area contributed by atoms with Crippen LogP contribution in [0.2, 0.25) is 0 Å². The largest absolute Gasteiger partial charge is 0.314 e. The van der Waals surface area contributed by atoms with Crippen molar-refractivity contribution in [3.63, 3.8) is 0 Å². The fraction of sp³-hybridized carbons (Fsp3) is 0.0769. The maximum atomic E-state index is 12.1. The molecule has 98 valence electrons. The van der Waals surface area contributed by atoms with E-state index in [9.17, 15) is 4.79 Å². The molecule has 2 N–H and O–H groups in total. The molecule has 7 heteroatoms. The first-order valence-electron chi connectivity index (χ1n) is 5.52. The van der Waals surface area contributed by atoms with Gasteiger partial charge in [-0.25, -0.2) is 4.98 Å². The average molecular weight is 330 g/mol. The quantitative estimate of drug-likeness (QED) is 0.882. The molecule has 0 aliphatic heterocycles. The lowest BCUT2D eigenvalue weighted by molar-refractivity contribution is 0.102. The van der Waals surface area contributed by atoms with E-state index in [1.807, 2.05) is 13.0 Å². The lowest BCUT2D eigenvalue weighted by atomic mass is 10.1. The molecule has 1 amide bonds. The molecule has 0 aliphatic rings. The summed E-state index contributed by atoms with van der Waals surface area (Å²) in [5, 5.41) is 20.1. The third-order valence-electron chi connectivity index (χ3n) is 2.46. The monoisotopic (exact) mass is 329 g/mol. The first kappa shape index (κ1) is 13.8. The van der Waals surface area contributed by atoms with E-state index in [-0.39, 0.29) is 23.2 Å². The Labute approximate surface area is 123 Å². The lowest BCUT2D eigenvalue weighted by Gasteiger charge is -2.04. The molecule has 1 heterocycles. The summed E-state index contributed by atoms with van der Waals surface area (Å²) < 4.78 is 0.789. The van der Waals surface area contributed by atoms with E-state index in [4.69, 9.17) is 10.5 Å². The Morgan fingerprint density at radius 3 is 2.65 bits per heavy atom. The number of nitriles is 2. The van der Waals surface area contributed by atoms with Crippen molar-refractivity contribution in [1.82, 2.24) is 9.97 Å². The molecule has 0 spiro atoms. The van der Waals surface area contributed by atoms with Gasteiger partial charge in [0.15, 0.2) is 11.4 Å². The Hall–Kier alpha value is -2.64. The fourth-order valence-electron chi connectivity index (χ4n) is 1.64. The van der Waals surface area contributed by atoms with Crippen LogP contribution in [0.5, 0.6) is 0 Å². The lowest BCUT2D eigenvalue weighted by Crippen LogP contribution is -2.13. The van der Waals surface area contributed by atoms with E-state index < -0.39 is 0 Å². The molecule has 0 unspecified atom stereocenters. The van der Waals surface area contributed by atoms with Gasteiger partial charge >= 0.3 is 0 Å². The van der Waals surface area contributed by atoms with Gasteiger partial charge in [-0.15, -0.1) is 0 Å². The fourth-order valence-corrected chi connectivity index (χ4v) is 2.25. The topological polar surface area (TPSA) is 105 Å². The minimum Gasteiger partial charge on any atom is -0.314 e. The molecule has 2 aromatic rings. The Kier molecular flexibility index (Phi) is 3.83. The van der Waals surface area contributed by atoms with Gasteiger partial charge in [0.25, 0.3) is 5.91 Å². The zero-order valence-electron chi connectivity index (χ0n) is 10.4. The standard InChI is InChI=1S/C13H8BrN5O/c1-7-2-8(4-9(14)3-7)12(20)19-13-17-10(5-15)11(6-16)18-13/h2-4H,1H3,(H2,17,18,19,20). The number of carbonyl (C=O) groups is 1. The van der Waals surface area contributed by atoms with E-state index >= 15 is 0 Å². The number of imidazole rings is 1. The van der Waals surface area contributed by atoms with Crippen molar-refractivity contribution in [2.45, 2.75) is 6.92 Å². The molecule has 0 fully saturated rings. The zero-order chi connectivity index (χ0) is 14.7. The summed E-state index contributed by atoms with van der Waals surface area (Å²) in [4.78, 5) is 18.5. The van der Waals surface area contributed by atoms with Crippen LogP contribution in [-0.4, -0.2) is 15.9 Å². The van der Waals surface area contributed by atoms with Crippen LogP contribution in [-0.2, 0) is 0 Å². The maximum Gasteiger partial charge on any atom is 0.258 e. The molecule has 0 atom stereocenters. The van der Waals surface area contributed by atoms with Crippen LogP contribution in [0.1, 0.15) is 27.3 Å². The summed E-state index contributed by atoms with van der Waals surface area (Å²) in [6.45, 7) is 1.87. The first-order valence-corrected chi connectivity index (χ1v) is 6.31. The van der Waals surface area contributed by atoms with E-state index in [0.29, 0.717) is 5.56 Å². The Balaban J connectivity index is 2.26. The molecule has 0 bridgehead atoms. The average Bonchev–Trinajstić information content (AvgIpc) is 2.79. The number of nitrogens with one attached hydrogen (secondary N) is 2. The summed E-state index contributed by atoms with van der Waals surface area (Å²) in [6.07, 6.45) is 0. The van der Waals surface area contributed by atoms with Crippen molar-refractivity contribution in [3.05, 3.63) is 45.2 Å². The number of aryl methyl sites for hydroxylation is 1. The SMILES string of the molecule is Cc1cc(Br)cc(C(=O)Nc2nc(C#N)c(C#N)[nH]2)c1. The number of carbonyl (C=O) groups excluding carboxylic acids is 1. The van der Waals surface area contributed by atoms with Crippen LogP contribution in [0.25, 0.3) is 0 Å². The Bertz CT molecular complexity index is 714. The summed E-state index contributed by atoms with van der Waals surface area (Å²) in [5.74, 6) is -0.308. The third-order valence-corrected chi connectivity index (χ3v) is 2.92. The van der Waals surface area contributed by atoms with Gasteiger partial charge in [-0.05, 0) is 30.7 Å². The van der Waals surface area contributed by atoms with Crippen LogP contribution >= 0.6 is 15.9 Å². The van der Waals surface area contributed by atoms with Gasteiger partial charge in [-0.1, -0.05) is 15.9 Å². The highest BCUT2D eigenvalue weighted by molar-refractivity contribution is 9.10. The second kappa shape index (κ2) is 5.55. The predicted molar refractivity (Wildman–Crippen MR) is 74.8 cm³/mol. The molecule has 6 nitrogen and oxygen atoms in total. The highest BCUT2D eigenvalue weighted by Gasteiger charge is 2.13. The van der Waals surface area contributed by atoms with Crippen molar-refractivity contribution in [1.29, 1.82) is 10.5 Å². The number of hydrogen-bond acceptors (Lipinski definition) is 4. The van der Waals surface area contributed by atoms with Gasteiger partial charge in [-0.3, -0.25) is 10.1 Å². The minimum absolute atomic E-state index is 0.0215. The van der Waals surface area contributed by atoms with E-state index in [2.05, 4.69) is 31.2 Å². The van der Waals surface area contributed by atoms with E-state index in [0.717, 1.165) is 10.0 Å². The molecular weight excluding hydrogens is 322 g/mol. The summed E-state index contributed by atoms with van der Waals surface area (Å²) in [6, 6.07) is 8.84. The first-order chi connectivity index (χ1) is 9.53. The smallest absolute Gasteiger partial charge is 0.258 e. The van der Waals surface area contributed by atoms with Crippen molar-refractivity contribution in [2.24, 2.45) is 0 Å². The minimum atomic E-state index is -0.378. The molecule has 1 aromatic heterocycles. The normalized spacial score (nSPS) is 9.60. The number of H-pyrrole nitrogens is 1. The van der Waals surface area contributed by atoms with E-state index in [1.165, 1.54) is 0 Å². The highest BCUT2D eigenvalue weighted by atomic mass is 79.9. The molecule has 2 rings (SSSR count). The van der Waals surface area contributed by atoms with Crippen LogP contribution in [0, 0.1) is 29.6 Å². The van der Waals surface area contributed by atoms with Crippen molar-refractivity contribution >= 4 is 27.8 Å². The van der Waals surface area contributed by atoms with Crippen LogP contribution in [0.3, 0.4) is 0 Å². The van der Waals surface area contributed by atoms with Gasteiger partial charge < -0.3 is 4.98 Å². The number of aromatic amines is 1. The number of anilines is 1.